The van der Waals surface area contributed by atoms with Crippen molar-refractivity contribution in [2.24, 2.45) is 4.99 Å². The number of Topliss-reactive ketones (excluding diaryl/α,β-unsaturated/α-hetero) is 1. The maximum absolute atomic E-state index is 11.3. The maximum Gasteiger partial charge on any atom is 1.00 e. The van der Waals surface area contributed by atoms with E-state index in [0.29, 0.717) is 5.56 Å². The zero-order chi connectivity index (χ0) is 13.9. The van der Waals surface area contributed by atoms with Gasteiger partial charge in [-0.15, -0.1) is 0 Å². The van der Waals surface area contributed by atoms with Crippen LogP contribution in [-0.4, -0.2) is 24.7 Å². The summed E-state index contributed by atoms with van der Waals surface area (Å²) in [4.78, 5) is 14.0. The van der Waals surface area contributed by atoms with Crippen LogP contribution < -0.4 is 56.5 Å². The number of hydrogen-bond donors (Lipinski definition) is 1. The first-order valence-electron chi connectivity index (χ1n) is 5.01. The molecular weight excluding hydrogens is 297 g/mol. The summed E-state index contributed by atoms with van der Waals surface area (Å²) < 4.78 is 30.9. The molecule has 1 aromatic rings. The van der Waals surface area contributed by atoms with Crippen molar-refractivity contribution in [3.63, 3.8) is 0 Å². The van der Waals surface area contributed by atoms with Crippen LogP contribution in [0.25, 0.3) is 0 Å². The minimum absolute atomic E-state index is 0. The Labute approximate surface area is 154 Å². The third kappa shape index (κ3) is 6.75. The zero-order valence-electron chi connectivity index (χ0n) is 10.9. The number of rotatable bonds is 4. The Balaban J connectivity index is 0.00000324. The van der Waals surface area contributed by atoms with Crippen molar-refractivity contribution >= 4 is 27.5 Å². The smallest absolute Gasteiger partial charge is 0.861 e. The van der Waals surface area contributed by atoms with E-state index in [1.807, 2.05) is 0 Å². The van der Waals surface area contributed by atoms with E-state index >= 15 is 0 Å². The fourth-order valence-electron chi connectivity index (χ4n) is 1.34. The Bertz CT molecular complexity index is 610. The van der Waals surface area contributed by atoms with Crippen molar-refractivity contribution in [3.05, 3.63) is 23.8 Å². The van der Waals surface area contributed by atoms with Gasteiger partial charge in [0.05, 0.1) is 10.6 Å². The first-order chi connectivity index (χ1) is 8.18. The number of aliphatic imine (C=N–C) groups is 1. The first kappa shape index (κ1) is 18.9. The van der Waals surface area contributed by atoms with Crippen molar-refractivity contribution in [1.29, 1.82) is 0 Å². The van der Waals surface area contributed by atoms with Gasteiger partial charge in [0.2, 0.25) is 0 Å². The Morgan fingerprint density at radius 3 is 2.42 bits per heavy atom. The molecule has 8 heteroatoms. The van der Waals surface area contributed by atoms with Gasteiger partial charge in [-0.25, -0.2) is 0 Å². The van der Waals surface area contributed by atoms with Crippen molar-refractivity contribution in [3.8, 4) is 0 Å². The van der Waals surface area contributed by atoms with Crippen molar-refractivity contribution < 1.29 is 74.3 Å². The molecule has 0 fully saturated rings. The second-order valence-electron chi connectivity index (χ2n) is 3.86. The van der Waals surface area contributed by atoms with Gasteiger partial charge in [-0.3, -0.25) is 14.3 Å². The van der Waals surface area contributed by atoms with E-state index in [1.165, 1.54) is 19.1 Å². The molecule has 0 heterocycles. The largest absolute Gasteiger partial charge is 1.00 e. The summed E-state index contributed by atoms with van der Waals surface area (Å²) >= 11 is 0. The molecule has 0 atom stereocenters. The number of aryl methyl sites for hydroxylation is 1. The van der Waals surface area contributed by atoms with Crippen LogP contribution in [0.15, 0.2) is 28.1 Å². The van der Waals surface area contributed by atoms with Crippen LogP contribution in [0.3, 0.4) is 0 Å². The molecule has 98 valence electrons. The van der Waals surface area contributed by atoms with Gasteiger partial charge < -0.3 is 5.11 Å². The third-order valence-corrected chi connectivity index (χ3v) is 2.82. The molecule has 0 unspecified atom stereocenters. The molecule has 19 heavy (non-hydrogen) atoms. The number of carbonyl (C=O) groups excluding carboxylic acids is 1. The van der Waals surface area contributed by atoms with Gasteiger partial charge in [-0.05, 0) is 43.5 Å². The molecule has 0 saturated carbocycles. The zero-order valence-corrected chi connectivity index (χ0v) is 14.8. The van der Waals surface area contributed by atoms with Crippen molar-refractivity contribution in [1.82, 2.24) is 0 Å². The van der Waals surface area contributed by atoms with E-state index in [-0.39, 0.29) is 74.2 Å². The molecule has 0 aromatic heterocycles. The minimum atomic E-state index is -4.34. The molecule has 0 saturated heterocycles. The SMILES string of the molecule is CC(=O)CC([O-])=Nc1cc(C)cc(S(=O)(=O)O)c1.[K+]. The Kier molecular flexibility index (Phi) is 7.59. The number of carbonyl (C=O) groups is 1. The predicted octanol–water partition coefficient (Wildman–Crippen LogP) is -2.38. The normalized spacial score (nSPS) is 11.8. The molecule has 0 aliphatic rings. The molecule has 1 aromatic carbocycles. The van der Waals surface area contributed by atoms with Gasteiger partial charge in [0.15, 0.2) is 0 Å². The Morgan fingerprint density at radius 1 is 1.37 bits per heavy atom. The molecule has 1 rings (SSSR count). The van der Waals surface area contributed by atoms with E-state index in [0.717, 1.165) is 6.07 Å². The van der Waals surface area contributed by atoms with Crippen LogP contribution in [-0.2, 0) is 14.9 Å². The second-order valence-corrected chi connectivity index (χ2v) is 5.29. The molecule has 0 radical (unpaired) electrons. The maximum atomic E-state index is 11.3. The van der Waals surface area contributed by atoms with E-state index in [2.05, 4.69) is 4.99 Å². The molecular formula is C11H12KNO5S. The van der Waals surface area contributed by atoms with Gasteiger partial charge in [-0.2, -0.15) is 8.42 Å². The molecule has 0 aliphatic carbocycles. The quantitative estimate of drug-likeness (QED) is 0.289. The van der Waals surface area contributed by atoms with Gasteiger partial charge in [0, 0.05) is 6.42 Å². The standard InChI is InChI=1S/C11H13NO5S.K/c1-7-3-9(12-11(14)5-8(2)13)6-10(4-7)18(15,16)17;/h3-4,6H,5H2,1-2H3,(H,12,14)(H,15,16,17);/q;+1/p-1. The van der Waals surface area contributed by atoms with Crippen LogP contribution in [0.5, 0.6) is 0 Å². The molecule has 0 bridgehead atoms. The van der Waals surface area contributed by atoms with E-state index in [9.17, 15) is 18.3 Å². The van der Waals surface area contributed by atoms with Crippen LogP contribution in [0, 0.1) is 6.92 Å². The number of benzene rings is 1. The van der Waals surface area contributed by atoms with Crippen LogP contribution in [0.2, 0.25) is 0 Å². The fraction of sp³-hybridized carbons (Fsp3) is 0.273. The molecule has 0 spiro atoms. The summed E-state index contributed by atoms with van der Waals surface area (Å²) in [6, 6.07) is 3.80. The molecule has 6 nitrogen and oxygen atoms in total. The van der Waals surface area contributed by atoms with Crippen LogP contribution in [0.1, 0.15) is 18.9 Å². The number of ketones is 1. The monoisotopic (exact) mass is 309 g/mol. The predicted molar refractivity (Wildman–Crippen MR) is 63.4 cm³/mol. The molecule has 1 N–H and O–H groups in total. The summed E-state index contributed by atoms with van der Waals surface area (Å²) in [7, 11) is -4.34. The van der Waals surface area contributed by atoms with E-state index in [1.54, 1.807) is 6.92 Å². The minimum Gasteiger partial charge on any atom is -0.861 e. The van der Waals surface area contributed by atoms with Gasteiger partial charge in [0.1, 0.15) is 5.78 Å². The Morgan fingerprint density at radius 2 is 1.95 bits per heavy atom. The second kappa shape index (κ2) is 7.63. The van der Waals surface area contributed by atoms with Gasteiger partial charge in [0.25, 0.3) is 10.1 Å². The summed E-state index contributed by atoms with van der Waals surface area (Å²) in [5, 5.41) is 11.3. The van der Waals surface area contributed by atoms with Crippen molar-refractivity contribution in [2.45, 2.75) is 25.2 Å². The molecule has 0 amide bonds. The fourth-order valence-corrected chi connectivity index (χ4v) is 1.94. The van der Waals surface area contributed by atoms with Gasteiger partial charge >= 0.3 is 51.4 Å². The summed E-state index contributed by atoms with van der Waals surface area (Å²) in [6.07, 6.45) is -0.338. The summed E-state index contributed by atoms with van der Waals surface area (Å²) in [6.45, 7) is 2.86. The Hall–Kier alpha value is -0.0936. The van der Waals surface area contributed by atoms with E-state index in [4.69, 9.17) is 4.55 Å². The first-order valence-corrected chi connectivity index (χ1v) is 6.45. The molecule has 0 aliphatic heterocycles. The number of hydrogen-bond acceptors (Lipinski definition) is 5. The van der Waals surface area contributed by atoms with Crippen LogP contribution >= 0.6 is 0 Å². The third-order valence-electron chi connectivity index (χ3n) is 1.99. The van der Waals surface area contributed by atoms with E-state index < -0.39 is 16.0 Å². The average molecular weight is 309 g/mol. The topological polar surface area (TPSA) is 107 Å². The average Bonchev–Trinajstić information content (AvgIpc) is 2.13. The van der Waals surface area contributed by atoms with Gasteiger partial charge in [-0.1, -0.05) is 0 Å². The van der Waals surface area contributed by atoms with Crippen LogP contribution in [0.4, 0.5) is 5.69 Å². The summed E-state index contributed by atoms with van der Waals surface area (Å²) in [5.74, 6) is -0.985. The van der Waals surface area contributed by atoms with Crippen molar-refractivity contribution in [2.75, 3.05) is 0 Å². The number of nitrogens with zero attached hydrogens (tertiary/aromatic N) is 1. The summed E-state index contributed by atoms with van der Waals surface area (Å²) in [5.41, 5.74) is 0.619.